The van der Waals surface area contributed by atoms with Crippen molar-refractivity contribution in [1.29, 1.82) is 0 Å². The lowest BCUT2D eigenvalue weighted by Gasteiger charge is -2.07. The minimum Gasteiger partial charge on any atom is -0.453 e. The maximum atomic E-state index is 10.8. The average molecular weight is 302 g/mol. The van der Waals surface area contributed by atoms with Gasteiger partial charge in [-0.1, -0.05) is 30.3 Å². The minimum atomic E-state index is 0.327. The highest BCUT2D eigenvalue weighted by molar-refractivity contribution is 5.82. The number of carbonyl (C=O) groups excluding carboxylic acids is 1. The number of benzene rings is 2. The van der Waals surface area contributed by atoms with E-state index < -0.39 is 0 Å². The second-order valence-corrected chi connectivity index (χ2v) is 5.40. The van der Waals surface area contributed by atoms with Crippen LogP contribution in [0.4, 0.5) is 0 Å². The van der Waals surface area contributed by atoms with E-state index in [1.807, 2.05) is 55.5 Å². The number of rotatable bonds is 3. The molecule has 0 amide bonds. The van der Waals surface area contributed by atoms with E-state index >= 15 is 0 Å². The summed E-state index contributed by atoms with van der Waals surface area (Å²) in [7, 11) is 0. The summed E-state index contributed by atoms with van der Waals surface area (Å²) >= 11 is 0. The first-order chi connectivity index (χ1) is 11.3. The largest absolute Gasteiger partial charge is 0.453 e. The van der Waals surface area contributed by atoms with Crippen LogP contribution < -0.4 is 0 Å². The predicted molar refractivity (Wildman–Crippen MR) is 89.4 cm³/mol. The Kier molecular flexibility index (Phi) is 3.08. The second-order valence-electron chi connectivity index (χ2n) is 5.40. The molecule has 0 aliphatic heterocycles. The lowest BCUT2D eigenvalue weighted by Crippen LogP contribution is -1.89. The molecule has 2 aromatic heterocycles. The van der Waals surface area contributed by atoms with Gasteiger partial charge in [-0.3, -0.25) is 4.79 Å². The highest BCUT2D eigenvalue weighted by Crippen LogP contribution is 2.32. The number of furan rings is 1. The van der Waals surface area contributed by atoms with Crippen LogP contribution in [-0.4, -0.2) is 16.3 Å². The fourth-order valence-electron chi connectivity index (χ4n) is 2.80. The maximum absolute atomic E-state index is 10.8. The zero-order valence-electron chi connectivity index (χ0n) is 12.5. The van der Waals surface area contributed by atoms with E-state index in [0.29, 0.717) is 17.8 Å². The van der Waals surface area contributed by atoms with Gasteiger partial charge in [-0.05, 0) is 36.8 Å². The molecular formula is C19H14N2O2. The van der Waals surface area contributed by atoms with Crippen LogP contribution in [0, 0.1) is 6.92 Å². The van der Waals surface area contributed by atoms with Gasteiger partial charge in [-0.2, -0.15) is 0 Å². The van der Waals surface area contributed by atoms with Gasteiger partial charge in [0.2, 0.25) is 0 Å². The maximum Gasteiger partial charge on any atom is 0.185 e. The third-order valence-corrected chi connectivity index (χ3v) is 3.99. The molecule has 112 valence electrons. The number of hydrogen-bond donors (Lipinski definition) is 1. The highest BCUT2D eigenvalue weighted by Gasteiger charge is 2.13. The Bertz CT molecular complexity index is 978. The zero-order valence-corrected chi connectivity index (χ0v) is 12.5. The van der Waals surface area contributed by atoms with Gasteiger partial charge in [0.1, 0.15) is 11.6 Å². The van der Waals surface area contributed by atoms with Crippen LogP contribution in [0.15, 0.2) is 59.0 Å². The van der Waals surface area contributed by atoms with Gasteiger partial charge < -0.3 is 9.40 Å². The molecular weight excluding hydrogens is 288 g/mol. The van der Waals surface area contributed by atoms with Gasteiger partial charge >= 0.3 is 0 Å². The topological polar surface area (TPSA) is 58.9 Å². The Hall–Kier alpha value is -3.14. The summed E-state index contributed by atoms with van der Waals surface area (Å²) in [6.07, 6.45) is 0.710. The molecule has 1 N–H and O–H groups in total. The van der Waals surface area contributed by atoms with E-state index in [2.05, 4.69) is 9.97 Å². The van der Waals surface area contributed by atoms with Gasteiger partial charge in [0.15, 0.2) is 12.0 Å². The molecule has 0 bridgehead atoms. The van der Waals surface area contributed by atoms with Gasteiger partial charge in [0.25, 0.3) is 0 Å². The van der Waals surface area contributed by atoms with Gasteiger partial charge in [0.05, 0.1) is 11.0 Å². The van der Waals surface area contributed by atoms with Crippen molar-refractivity contribution in [2.75, 3.05) is 0 Å². The van der Waals surface area contributed by atoms with Crippen molar-refractivity contribution in [3.63, 3.8) is 0 Å². The Labute approximate surface area is 132 Å². The third kappa shape index (κ3) is 2.25. The Morgan fingerprint density at radius 3 is 2.61 bits per heavy atom. The summed E-state index contributed by atoms with van der Waals surface area (Å²) in [5.74, 6) is 1.84. The van der Waals surface area contributed by atoms with E-state index in [-0.39, 0.29) is 0 Å². The van der Waals surface area contributed by atoms with E-state index in [1.54, 1.807) is 6.07 Å². The summed E-state index contributed by atoms with van der Waals surface area (Å²) in [5.41, 5.74) is 4.97. The average Bonchev–Trinajstić information content (AvgIpc) is 3.21. The Morgan fingerprint density at radius 2 is 1.83 bits per heavy atom. The second kappa shape index (κ2) is 5.25. The Morgan fingerprint density at radius 1 is 1.00 bits per heavy atom. The number of aldehydes is 1. The minimum absolute atomic E-state index is 0.327. The smallest absolute Gasteiger partial charge is 0.185 e. The fourth-order valence-corrected chi connectivity index (χ4v) is 2.80. The molecule has 4 aromatic rings. The Balaban J connectivity index is 1.86. The van der Waals surface area contributed by atoms with Crippen LogP contribution in [0.1, 0.15) is 16.1 Å². The summed E-state index contributed by atoms with van der Waals surface area (Å²) in [6, 6.07) is 17.4. The molecule has 0 radical (unpaired) electrons. The van der Waals surface area contributed by atoms with Crippen molar-refractivity contribution in [3.05, 3.63) is 65.9 Å². The monoisotopic (exact) mass is 302 g/mol. The van der Waals surface area contributed by atoms with Crippen LogP contribution >= 0.6 is 0 Å². The number of H-pyrrole nitrogens is 1. The van der Waals surface area contributed by atoms with Crippen LogP contribution in [0.5, 0.6) is 0 Å². The molecule has 4 nitrogen and oxygen atoms in total. The number of nitrogens with zero attached hydrogens (tertiary/aromatic N) is 1. The van der Waals surface area contributed by atoms with Crippen LogP contribution in [-0.2, 0) is 0 Å². The SMILES string of the molecule is Cc1c(-c2nc3ccccc3[nH]2)cccc1-c1ccc(C=O)o1. The number of hydrogen-bond acceptors (Lipinski definition) is 3. The molecule has 23 heavy (non-hydrogen) atoms. The molecule has 0 saturated heterocycles. The predicted octanol–water partition coefficient (Wildman–Crippen LogP) is 4.61. The van der Waals surface area contributed by atoms with Crippen molar-refractivity contribution in [2.24, 2.45) is 0 Å². The number of fused-ring (bicyclic) bond motifs is 1. The first-order valence-electron chi connectivity index (χ1n) is 7.36. The van der Waals surface area contributed by atoms with E-state index in [1.165, 1.54) is 0 Å². The molecule has 0 fully saturated rings. The van der Waals surface area contributed by atoms with Crippen molar-refractivity contribution in [2.45, 2.75) is 6.92 Å². The number of carbonyl (C=O) groups is 1. The van der Waals surface area contributed by atoms with Crippen LogP contribution in [0.2, 0.25) is 0 Å². The molecule has 2 heterocycles. The molecule has 0 aliphatic rings. The van der Waals surface area contributed by atoms with E-state index in [0.717, 1.165) is 33.5 Å². The first kappa shape index (κ1) is 13.5. The number of imidazole rings is 1. The molecule has 0 atom stereocenters. The normalized spacial score (nSPS) is 11.0. The molecule has 2 aromatic carbocycles. The van der Waals surface area contributed by atoms with E-state index in [9.17, 15) is 4.79 Å². The van der Waals surface area contributed by atoms with E-state index in [4.69, 9.17) is 4.42 Å². The quantitative estimate of drug-likeness (QED) is 0.562. The zero-order chi connectivity index (χ0) is 15.8. The number of nitrogens with one attached hydrogen (secondary N) is 1. The first-order valence-corrected chi connectivity index (χ1v) is 7.36. The van der Waals surface area contributed by atoms with Crippen LogP contribution in [0.3, 0.4) is 0 Å². The highest BCUT2D eigenvalue weighted by atomic mass is 16.3. The summed E-state index contributed by atoms with van der Waals surface area (Å²) in [5, 5.41) is 0. The van der Waals surface area contributed by atoms with Crippen molar-refractivity contribution < 1.29 is 9.21 Å². The molecule has 0 spiro atoms. The summed E-state index contributed by atoms with van der Waals surface area (Å²) in [4.78, 5) is 18.8. The molecule has 0 unspecified atom stereocenters. The number of aromatic amines is 1. The van der Waals surface area contributed by atoms with Gasteiger partial charge in [-0.25, -0.2) is 4.98 Å². The van der Waals surface area contributed by atoms with Crippen LogP contribution in [0.25, 0.3) is 33.7 Å². The fraction of sp³-hybridized carbons (Fsp3) is 0.0526. The lowest BCUT2D eigenvalue weighted by molar-refractivity contribution is 0.110. The molecule has 0 aliphatic carbocycles. The van der Waals surface area contributed by atoms with Crippen molar-refractivity contribution >= 4 is 17.3 Å². The third-order valence-electron chi connectivity index (χ3n) is 3.99. The van der Waals surface area contributed by atoms with Gasteiger partial charge in [0, 0.05) is 11.1 Å². The summed E-state index contributed by atoms with van der Waals surface area (Å²) < 4.78 is 5.55. The molecule has 4 heteroatoms. The lowest BCUT2D eigenvalue weighted by atomic mass is 10.0. The number of para-hydroxylation sites is 2. The standard InChI is InChI=1S/C19H14N2O2/c1-12-14(18-10-9-13(11-22)23-18)5-4-6-15(12)19-20-16-7-2-3-8-17(16)21-19/h2-11H,1H3,(H,20,21). The van der Waals surface area contributed by atoms with Crippen molar-refractivity contribution in [3.8, 4) is 22.7 Å². The molecule has 4 rings (SSSR count). The molecule has 0 saturated carbocycles. The van der Waals surface area contributed by atoms with Crippen molar-refractivity contribution in [1.82, 2.24) is 9.97 Å². The summed E-state index contributed by atoms with van der Waals surface area (Å²) in [6.45, 7) is 2.03. The number of aromatic nitrogens is 2. The van der Waals surface area contributed by atoms with Gasteiger partial charge in [-0.15, -0.1) is 0 Å².